The molecular weight excluding hydrogens is 466 g/mol. The molecule has 3 aromatic carbocycles. The molecule has 0 aromatic heterocycles. The van der Waals surface area contributed by atoms with Crippen molar-refractivity contribution in [2.45, 2.75) is 6.92 Å². The fraction of sp³-hybridized carbons (Fsp3) is 0.115. The van der Waals surface area contributed by atoms with Crippen LogP contribution in [0, 0.1) is 28.4 Å². The Labute approximate surface area is 206 Å². The number of nitro benzene ring substituents is 1. The molecule has 3 rings (SSSR count). The van der Waals surface area contributed by atoms with Gasteiger partial charge in [0.05, 0.1) is 24.7 Å². The van der Waals surface area contributed by atoms with Gasteiger partial charge in [-0.2, -0.15) is 5.26 Å². The molecule has 0 radical (unpaired) electrons. The van der Waals surface area contributed by atoms with Gasteiger partial charge < -0.3 is 19.5 Å². The van der Waals surface area contributed by atoms with Crippen LogP contribution in [0.4, 0.5) is 11.4 Å². The summed E-state index contributed by atoms with van der Waals surface area (Å²) < 4.78 is 15.8. The normalized spacial score (nSPS) is 10.7. The zero-order chi connectivity index (χ0) is 26.2. The molecule has 3 aromatic rings. The summed E-state index contributed by atoms with van der Waals surface area (Å²) in [6.07, 6.45) is 1.26. The summed E-state index contributed by atoms with van der Waals surface area (Å²) in [5, 5.41) is 23.3. The highest BCUT2D eigenvalue weighted by atomic mass is 16.6. The first kappa shape index (κ1) is 25.5. The van der Waals surface area contributed by atoms with Gasteiger partial charge in [0.2, 0.25) is 0 Å². The first-order valence-electron chi connectivity index (χ1n) is 10.5. The number of ether oxygens (including phenoxy) is 3. The number of aryl methyl sites for hydroxylation is 1. The maximum Gasteiger partial charge on any atom is 0.343 e. The lowest BCUT2D eigenvalue weighted by atomic mass is 10.1. The van der Waals surface area contributed by atoms with Crippen LogP contribution in [0.15, 0.2) is 66.2 Å². The smallest absolute Gasteiger partial charge is 0.343 e. The van der Waals surface area contributed by atoms with E-state index in [-0.39, 0.29) is 34.0 Å². The number of amides is 1. The van der Waals surface area contributed by atoms with E-state index in [0.717, 1.165) is 0 Å². The van der Waals surface area contributed by atoms with Gasteiger partial charge in [0.1, 0.15) is 23.1 Å². The molecule has 0 aliphatic carbocycles. The molecule has 0 saturated carbocycles. The van der Waals surface area contributed by atoms with Crippen molar-refractivity contribution in [2.24, 2.45) is 0 Å². The zero-order valence-corrected chi connectivity index (χ0v) is 19.6. The first-order chi connectivity index (χ1) is 17.2. The average Bonchev–Trinajstić information content (AvgIpc) is 2.88. The third-order valence-electron chi connectivity index (χ3n) is 4.99. The average molecular weight is 487 g/mol. The van der Waals surface area contributed by atoms with Gasteiger partial charge in [-0.15, -0.1) is 0 Å². The molecule has 0 atom stereocenters. The van der Waals surface area contributed by atoms with E-state index < -0.39 is 16.8 Å². The van der Waals surface area contributed by atoms with Crippen LogP contribution in [0.1, 0.15) is 21.5 Å². The number of hydrogen-bond donors (Lipinski definition) is 1. The van der Waals surface area contributed by atoms with Gasteiger partial charge in [-0.05, 0) is 66.6 Å². The molecule has 0 saturated heterocycles. The highest BCUT2D eigenvalue weighted by Gasteiger charge is 2.19. The number of nitro groups is 1. The van der Waals surface area contributed by atoms with E-state index in [1.54, 1.807) is 49.4 Å². The maximum atomic E-state index is 12.7. The summed E-state index contributed by atoms with van der Waals surface area (Å²) in [6.45, 7) is 1.68. The Balaban J connectivity index is 1.86. The Morgan fingerprint density at radius 2 is 1.72 bits per heavy atom. The van der Waals surface area contributed by atoms with Gasteiger partial charge in [0.25, 0.3) is 11.6 Å². The van der Waals surface area contributed by atoms with Crippen LogP contribution < -0.4 is 19.5 Å². The first-order valence-corrected chi connectivity index (χ1v) is 10.5. The Hall–Kier alpha value is -5.17. The Bertz CT molecular complexity index is 1390. The largest absolute Gasteiger partial charge is 0.497 e. The number of rotatable bonds is 8. The number of anilines is 1. The van der Waals surface area contributed by atoms with Crippen LogP contribution in [0.25, 0.3) is 6.08 Å². The van der Waals surface area contributed by atoms with Crippen molar-refractivity contribution in [3.63, 3.8) is 0 Å². The van der Waals surface area contributed by atoms with Crippen LogP contribution in [0.5, 0.6) is 17.2 Å². The molecule has 0 unspecified atom stereocenters. The molecule has 0 spiro atoms. The minimum absolute atomic E-state index is 0.0411. The Morgan fingerprint density at radius 3 is 2.33 bits per heavy atom. The van der Waals surface area contributed by atoms with Crippen LogP contribution >= 0.6 is 0 Å². The molecule has 10 heteroatoms. The number of methoxy groups -OCH3 is 2. The number of nitriles is 1. The number of esters is 1. The Kier molecular flexibility index (Phi) is 7.99. The van der Waals surface area contributed by atoms with Crippen molar-refractivity contribution < 1.29 is 28.7 Å². The van der Waals surface area contributed by atoms with E-state index in [1.807, 2.05) is 0 Å². The zero-order valence-electron chi connectivity index (χ0n) is 19.6. The topological polar surface area (TPSA) is 141 Å². The fourth-order valence-corrected chi connectivity index (χ4v) is 3.15. The summed E-state index contributed by atoms with van der Waals surface area (Å²) in [5.74, 6) is -0.584. The summed E-state index contributed by atoms with van der Waals surface area (Å²) in [6, 6.07) is 16.9. The van der Waals surface area contributed by atoms with E-state index in [9.17, 15) is 25.0 Å². The highest BCUT2D eigenvalue weighted by Crippen LogP contribution is 2.30. The number of nitrogens with zero attached hydrogens (tertiary/aromatic N) is 2. The molecule has 10 nitrogen and oxygen atoms in total. The van der Waals surface area contributed by atoms with E-state index in [2.05, 4.69) is 5.32 Å². The van der Waals surface area contributed by atoms with E-state index in [0.29, 0.717) is 16.9 Å². The predicted molar refractivity (Wildman–Crippen MR) is 131 cm³/mol. The van der Waals surface area contributed by atoms with Crippen LogP contribution in [0.3, 0.4) is 0 Å². The van der Waals surface area contributed by atoms with Gasteiger partial charge >= 0.3 is 5.97 Å². The lowest BCUT2D eigenvalue weighted by molar-refractivity contribution is -0.384. The van der Waals surface area contributed by atoms with Gasteiger partial charge in [0, 0.05) is 6.07 Å². The van der Waals surface area contributed by atoms with Gasteiger partial charge in [-0.3, -0.25) is 14.9 Å². The van der Waals surface area contributed by atoms with E-state index >= 15 is 0 Å². The minimum atomic E-state index is -0.836. The van der Waals surface area contributed by atoms with Crippen LogP contribution in [-0.2, 0) is 4.79 Å². The van der Waals surface area contributed by atoms with Crippen molar-refractivity contribution >= 4 is 29.3 Å². The third-order valence-corrected chi connectivity index (χ3v) is 4.99. The van der Waals surface area contributed by atoms with Crippen molar-refractivity contribution in [1.82, 2.24) is 0 Å². The molecule has 1 N–H and O–H groups in total. The Morgan fingerprint density at radius 1 is 1.00 bits per heavy atom. The molecule has 0 fully saturated rings. The van der Waals surface area contributed by atoms with E-state index in [4.69, 9.17) is 14.2 Å². The number of carbonyl (C=O) groups excluding carboxylic acids is 2. The fourth-order valence-electron chi connectivity index (χ4n) is 3.15. The second-order valence-electron chi connectivity index (χ2n) is 7.43. The van der Waals surface area contributed by atoms with Crippen LogP contribution in [0.2, 0.25) is 0 Å². The minimum Gasteiger partial charge on any atom is -0.497 e. The van der Waals surface area contributed by atoms with Crippen molar-refractivity contribution in [1.29, 1.82) is 5.26 Å². The molecule has 0 aliphatic heterocycles. The molecule has 0 bridgehead atoms. The van der Waals surface area contributed by atoms with Crippen molar-refractivity contribution in [2.75, 3.05) is 19.5 Å². The summed E-state index contributed by atoms with van der Waals surface area (Å²) in [7, 11) is 2.91. The molecule has 0 aliphatic rings. The molecule has 0 heterocycles. The van der Waals surface area contributed by atoms with Crippen molar-refractivity contribution in [3.8, 4) is 23.3 Å². The monoisotopic (exact) mass is 487 g/mol. The standard InChI is InChI=1S/C26H21N3O7/c1-16-4-10-21(22(12-16)29(32)33)28-25(30)19(15-27)13-17-5-11-23(35-3)24(14-17)36-26(31)18-6-8-20(34-2)9-7-18/h4-14H,1-3H3,(H,28,30)/b19-13+. The summed E-state index contributed by atoms with van der Waals surface area (Å²) in [4.78, 5) is 36.0. The molecule has 36 heavy (non-hydrogen) atoms. The lowest BCUT2D eigenvalue weighted by Crippen LogP contribution is -2.14. The lowest BCUT2D eigenvalue weighted by Gasteiger charge is -2.11. The van der Waals surface area contributed by atoms with Crippen LogP contribution in [-0.4, -0.2) is 31.0 Å². The number of nitrogens with one attached hydrogen (secondary N) is 1. The molecular formula is C26H21N3O7. The number of hydrogen-bond acceptors (Lipinski definition) is 8. The molecule has 1 amide bonds. The predicted octanol–water partition coefficient (Wildman–Crippen LogP) is 4.69. The maximum absolute atomic E-state index is 12.7. The quantitative estimate of drug-likeness (QED) is 0.121. The van der Waals surface area contributed by atoms with Crippen molar-refractivity contribution in [3.05, 3.63) is 93.0 Å². The SMILES string of the molecule is COc1ccc(C(=O)Oc2cc(/C=C(\C#N)C(=O)Nc3ccc(C)cc3[N+](=O)[O-])ccc2OC)cc1. The third kappa shape index (κ3) is 6.03. The van der Waals surface area contributed by atoms with Gasteiger partial charge in [-0.1, -0.05) is 12.1 Å². The number of carbonyl (C=O) groups is 2. The second-order valence-corrected chi connectivity index (χ2v) is 7.43. The summed E-state index contributed by atoms with van der Waals surface area (Å²) in [5.41, 5.74) is 0.626. The second kappa shape index (κ2) is 11.3. The van der Waals surface area contributed by atoms with Gasteiger partial charge in [-0.25, -0.2) is 4.79 Å². The number of benzene rings is 3. The summed E-state index contributed by atoms with van der Waals surface area (Å²) >= 11 is 0. The highest BCUT2D eigenvalue weighted by molar-refractivity contribution is 6.10. The molecule has 182 valence electrons. The van der Waals surface area contributed by atoms with E-state index in [1.165, 1.54) is 44.6 Å². The van der Waals surface area contributed by atoms with Gasteiger partial charge in [0.15, 0.2) is 11.5 Å².